The Morgan fingerprint density at radius 1 is 0.892 bits per heavy atom. The number of carbonyl (C=O) groups is 3. The van der Waals surface area contributed by atoms with Crippen molar-refractivity contribution in [2.75, 3.05) is 11.5 Å². The molecule has 190 valence electrons. The van der Waals surface area contributed by atoms with Crippen molar-refractivity contribution >= 4 is 77.4 Å². The van der Waals surface area contributed by atoms with Gasteiger partial charge >= 0.3 is 6.03 Å². The van der Waals surface area contributed by atoms with Crippen LogP contribution in [0.4, 0.5) is 10.5 Å². The van der Waals surface area contributed by atoms with Gasteiger partial charge in [-0.2, -0.15) is 0 Å². The van der Waals surface area contributed by atoms with E-state index in [1.54, 1.807) is 30.3 Å². The first-order chi connectivity index (χ1) is 17.7. The van der Waals surface area contributed by atoms with Crippen molar-refractivity contribution in [1.29, 1.82) is 0 Å². The standard InChI is InChI=1S/C27H21Br3N2O5/c1-3-36-23-12-17(22(30)13-24(23)37-14-16-4-6-18(28)7-5-16)11-20-25(33)31-27(35)32(26(20)34)19-8-9-21(29)15(2)10-19/h4-13H,3,14H2,1-2H3,(H,31,33,35)/b20-11+. The number of carbonyl (C=O) groups excluding carboxylic acids is 3. The van der Waals surface area contributed by atoms with E-state index < -0.39 is 17.8 Å². The molecule has 0 unspecified atom stereocenters. The number of anilines is 1. The van der Waals surface area contributed by atoms with Crippen molar-refractivity contribution in [2.24, 2.45) is 0 Å². The van der Waals surface area contributed by atoms with Crippen molar-refractivity contribution in [3.05, 3.63) is 90.3 Å². The minimum atomic E-state index is -0.806. The predicted molar refractivity (Wildman–Crippen MR) is 152 cm³/mol. The van der Waals surface area contributed by atoms with Crippen LogP contribution in [0.5, 0.6) is 11.5 Å². The van der Waals surface area contributed by atoms with E-state index >= 15 is 0 Å². The van der Waals surface area contributed by atoms with Gasteiger partial charge in [0.2, 0.25) is 0 Å². The molecule has 3 aromatic rings. The molecule has 3 aromatic carbocycles. The molecular weight excluding hydrogens is 672 g/mol. The number of hydrogen-bond acceptors (Lipinski definition) is 5. The van der Waals surface area contributed by atoms with E-state index in [4.69, 9.17) is 9.47 Å². The molecule has 1 heterocycles. The number of aryl methyl sites for hydroxylation is 1. The smallest absolute Gasteiger partial charge is 0.335 e. The van der Waals surface area contributed by atoms with E-state index in [-0.39, 0.29) is 5.57 Å². The summed E-state index contributed by atoms with van der Waals surface area (Å²) in [5.74, 6) is -0.549. The number of imide groups is 2. The van der Waals surface area contributed by atoms with E-state index in [0.29, 0.717) is 40.4 Å². The van der Waals surface area contributed by atoms with Gasteiger partial charge in [0.05, 0.1) is 12.3 Å². The number of hydrogen-bond donors (Lipinski definition) is 1. The minimum absolute atomic E-state index is 0.188. The molecule has 10 heteroatoms. The Morgan fingerprint density at radius 3 is 2.27 bits per heavy atom. The molecule has 0 aliphatic carbocycles. The number of nitrogens with one attached hydrogen (secondary N) is 1. The Morgan fingerprint density at radius 2 is 1.59 bits per heavy atom. The van der Waals surface area contributed by atoms with Gasteiger partial charge in [0.25, 0.3) is 11.8 Å². The van der Waals surface area contributed by atoms with Gasteiger partial charge in [-0.05, 0) is 79.1 Å². The first kappa shape index (κ1) is 27.1. The molecule has 0 radical (unpaired) electrons. The lowest BCUT2D eigenvalue weighted by Gasteiger charge is -2.27. The number of urea groups is 1. The van der Waals surface area contributed by atoms with Gasteiger partial charge in [-0.1, -0.05) is 59.9 Å². The van der Waals surface area contributed by atoms with Gasteiger partial charge in [-0.25, -0.2) is 9.69 Å². The number of halogens is 3. The second-order valence-electron chi connectivity index (χ2n) is 8.06. The fourth-order valence-corrected chi connectivity index (χ4v) is 4.55. The van der Waals surface area contributed by atoms with Crippen molar-refractivity contribution in [3.8, 4) is 11.5 Å². The fraction of sp³-hybridized carbons (Fsp3) is 0.148. The summed E-state index contributed by atoms with van der Waals surface area (Å²) in [6.45, 7) is 4.40. The predicted octanol–water partition coefficient (Wildman–Crippen LogP) is 6.93. The van der Waals surface area contributed by atoms with Crippen molar-refractivity contribution in [1.82, 2.24) is 5.32 Å². The van der Waals surface area contributed by atoms with Crippen LogP contribution in [0, 0.1) is 6.92 Å². The average Bonchev–Trinajstić information content (AvgIpc) is 2.85. The van der Waals surface area contributed by atoms with Crippen LogP contribution in [0.25, 0.3) is 6.08 Å². The zero-order valence-corrected chi connectivity index (χ0v) is 24.6. The highest BCUT2D eigenvalue weighted by Gasteiger charge is 2.37. The summed E-state index contributed by atoms with van der Waals surface area (Å²) in [5.41, 5.74) is 2.49. The zero-order valence-electron chi connectivity index (χ0n) is 19.8. The number of rotatable bonds is 7. The van der Waals surface area contributed by atoms with Gasteiger partial charge in [-0.15, -0.1) is 0 Å². The highest BCUT2D eigenvalue weighted by Crippen LogP contribution is 2.36. The quantitative estimate of drug-likeness (QED) is 0.215. The van der Waals surface area contributed by atoms with Gasteiger partial charge < -0.3 is 9.47 Å². The van der Waals surface area contributed by atoms with E-state index in [2.05, 4.69) is 53.1 Å². The third kappa shape index (κ3) is 6.14. The topological polar surface area (TPSA) is 84.9 Å². The molecular formula is C27H21Br3N2O5. The van der Waals surface area contributed by atoms with Crippen LogP contribution < -0.4 is 19.7 Å². The number of amides is 4. The summed E-state index contributed by atoms with van der Waals surface area (Å²) < 4.78 is 14.2. The van der Waals surface area contributed by atoms with E-state index in [1.807, 2.05) is 38.1 Å². The summed E-state index contributed by atoms with van der Waals surface area (Å²) in [4.78, 5) is 39.5. The fourth-order valence-electron chi connectivity index (χ4n) is 3.60. The molecule has 4 rings (SSSR count). The van der Waals surface area contributed by atoms with Crippen LogP contribution in [-0.4, -0.2) is 24.5 Å². The van der Waals surface area contributed by atoms with Crippen LogP contribution in [0.3, 0.4) is 0 Å². The van der Waals surface area contributed by atoms with Crippen LogP contribution in [0.2, 0.25) is 0 Å². The molecule has 1 fully saturated rings. The minimum Gasteiger partial charge on any atom is -0.490 e. The molecule has 0 atom stereocenters. The summed E-state index contributed by atoms with van der Waals surface area (Å²) in [7, 11) is 0. The second-order valence-corrected chi connectivity index (χ2v) is 10.7. The lowest BCUT2D eigenvalue weighted by atomic mass is 10.1. The second kappa shape index (κ2) is 11.6. The number of barbiturate groups is 1. The largest absolute Gasteiger partial charge is 0.490 e. The summed E-state index contributed by atoms with van der Waals surface area (Å²) >= 11 is 10.3. The summed E-state index contributed by atoms with van der Waals surface area (Å²) in [6, 6.07) is 15.4. The SMILES string of the molecule is CCOc1cc(/C=C2\C(=O)NC(=O)N(c3ccc(Br)c(C)c3)C2=O)c(Br)cc1OCc1ccc(Br)cc1. The van der Waals surface area contributed by atoms with Crippen LogP contribution in [-0.2, 0) is 16.2 Å². The average molecular weight is 693 g/mol. The Bertz CT molecular complexity index is 1420. The molecule has 1 aliphatic rings. The Balaban J connectivity index is 1.66. The Kier molecular flexibility index (Phi) is 8.51. The monoisotopic (exact) mass is 690 g/mol. The first-order valence-corrected chi connectivity index (χ1v) is 13.6. The van der Waals surface area contributed by atoms with Crippen molar-refractivity contribution in [3.63, 3.8) is 0 Å². The molecule has 4 amide bonds. The maximum atomic E-state index is 13.3. The zero-order chi connectivity index (χ0) is 26.7. The molecule has 0 spiro atoms. The van der Waals surface area contributed by atoms with Gasteiger partial charge in [-0.3, -0.25) is 14.9 Å². The summed E-state index contributed by atoms with van der Waals surface area (Å²) in [6.07, 6.45) is 1.42. The Labute approximate surface area is 239 Å². The van der Waals surface area contributed by atoms with E-state index in [9.17, 15) is 14.4 Å². The number of ether oxygens (including phenoxy) is 2. The molecule has 0 bridgehead atoms. The first-order valence-electron chi connectivity index (χ1n) is 11.2. The molecule has 1 aliphatic heterocycles. The third-order valence-electron chi connectivity index (χ3n) is 5.47. The Hall–Kier alpha value is -2.95. The van der Waals surface area contributed by atoms with Gasteiger partial charge in [0.15, 0.2) is 11.5 Å². The lowest BCUT2D eigenvalue weighted by Crippen LogP contribution is -2.54. The molecule has 0 aromatic heterocycles. The highest BCUT2D eigenvalue weighted by atomic mass is 79.9. The molecule has 7 nitrogen and oxygen atoms in total. The van der Waals surface area contributed by atoms with Crippen LogP contribution in [0.15, 0.2) is 73.6 Å². The molecule has 1 saturated heterocycles. The maximum Gasteiger partial charge on any atom is 0.335 e. The normalized spacial score (nSPS) is 14.7. The number of benzene rings is 3. The lowest BCUT2D eigenvalue weighted by molar-refractivity contribution is -0.122. The van der Waals surface area contributed by atoms with Crippen molar-refractivity contribution in [2.45, 2.75) is 20.5 Å². The highest BCUT2D eigenvalue weighted by molar-refractivity contribution is 9.11. The third-order valence-corrected chi connectivity index (χ3v) is 7.58. The summed E-state index contributed by atoms with van der Waals surface area (Å²) in [5, 5.41) is 2.25. The van der Waals surface area contributed by atoms with Crippen LogP contribution in [0.1, 0.15) is 23.6 Å². The van der Waals surface area contributed by atoms with Crippen molar-refractivity contribution < 1.29 is 23.9 Å². The van der Waals surface area contributed by atoms with Gasteiger partial charge in [0.1, 0.15) is 12.2 Å². The molecule has 0 saturated carbocycles. The molecule has 1 N–H and O–H groups in total. The number of nitrogens with zero attached hydrogens (tertiary/aromatic N) is 1. The van der Waals surface area contributed by atoms with E-state index in [0.717, 1.165) is 25.0 Å². The molecule has 37 heavy (non-hydrogen) atoms. The van der Waals surface area contributed by atoms with E-state index in [1.165, 1.54) is 6.08 Å². The van der Waals surface area contributed by atoms with Crippen LogP contribution >= 0.6 is 47.8 Å². The maximum absolute atomic E-state index is 13.3. The van der Waals surface area contributed by atoms with Gasteiger partial charge in [0, 0.05) is 13.4 Å².